The molecule has 0 spiro atoms. The third-order valence-corrected chi connectivity index (χ3v) is 3.37. The summed E-state index contributed by atoms with van der Waals surface area (Å²) < 4.78 is 12.8. The summed E-state index contributed by atoms with van der Waals surface area (Å²) >= 11 is 0. The molecule has 0 aliphatic carbocycles. The first-order valence-corrected chi connectivity index (χ1v) is 7.17. The molecule has 22 heavy (non-hydrogen) atoms. The number of nitrogens with zero attached hydrogens (tertiary/aromatic N) is 1. The van der Waals surface area contributed by atoms with E-state index in [4.69, 9.17) is 5.26 Å². The van der Waals surface area contributed by atoms with Gasteiger partial charge in [0.05, 0.1) is 11.6 Å². The molecule has 0 unspecified atom stereocenters. The van der Waals surface area contributed by atoms with E-state index in [2.05, 4.69) is 11.4 Å². The predicted octanol–water partition coefficient (Wildman–Crippen LogP) is 2.99. The van der Waals surface area contributed by atoms with E-state index in [9.17, 15) is 9.18 Å². The average Bonchev–Trinajstić information content (AvgIpc) is 2.55. The maximum absolute atomic E-state index is 12.8. The monoisotopic (exact) mass is 296 g/mol. The van der Waals surface area contributed by atoms with E-state index in [-0.39, 0.29) is 11.7 Å². The van der Waals surface area contributed by atoms with Gasteiger partial charge >= 0.3 is 0 Å². The van der Waals surface area contributed by atoms with Crippen LogP contribution in [0.2, 0.25) is 0 Å². The molecule has 3 nitrogen and oxygen atoms in total. The second-order valence-corrected chi connectivity index (χ2v) is 5.04. The zero-order valence-corrected chi connectivity index (χ0v) is 12.2. The number of aryl methyl sites for hydroxylation is 1. The Morgan fingerprint density at radius 1 is 1.00 bits per heavy atom. The van der Waals surface area contributed by atoms with Gasteiger partial charge in [0.25, 0.3) is 0 Å². The molecule has 1 N–H and O–H groups in total. The Morgan fingerprint density at radius 3 is 2.23 bits per heavy atom. The number of hydrogen-bond donors (Lipinski definition) is 1. The maximum atomic E-state index is 12.8. The molecule has 0 saturated heterocycles. The molecule has 0 bridgehead atoms. The third kappa shape index (κ3) is 5.02. The van der Waals surface area contributed by atoms with Crippen molar-refractivity contribution in [2.45, 2.75) is 19.3 Å². The predicted molar refractivity (Wildman–Crippen MR) is 82.6 cm³/mol. The lowest BCUT2D eigenvalue weighted by molar-refractivity contribution is -0.121. The van der Waals surface area contributed by atoms with E-state index in [0.29, 0.717) is 31.4 Å². The van der Waals surface area contributed by atoms with Crippen molar-refractivity contribution in [1.82, 2.24) is 5.32 Å². The minimum Gasteiger partial charge on any atom is -0.356 e. The van der Waals surface area contributed by atoms with Crippen LogP contribution in [0.1, 0.15) is 23.1 Å². The van der Waals surface area contributed by atoms with Gasteiger partial charge in [-0.05, 0) is 48.2 Å². The molecule has 1 amide bonds. The lowest BCUT2D eigenvalue weighted by Crippen LogP contribution is -2.25. The van der Waals surface area contributed by atoms with Crippen molar-refractivity contribution in [3.05, 3.63) is 71.0 Å². The molecule has 112 valence electrons. The summed E-state index contributed by atoms with van der Waals surface area (Å²) in [6.07, 6.45) is 1.74. The Kier molecular flexibility index (Phi) is 5.67. The molecule has 4 heteroatoms. The minimum absolute atomic E-state index is 0.00790. The van der Waals surface area contributed by atoms with Crippen LogP contribution in [0.5, 0.6) is 0 Å². The van der Waals surface area contributed by atoms with Crippen molar-refractivity contribution in [3.8, 4) is 6.07 Å². The van der Waals surface area contributed by atoms with Gasteiger partial charge in [0, 0.05) is 13.0 Å². The van der Waals surface area contributed by atoms with Crippen LogP contribution in [-0.4, -0.2) is 12.5 Å². The normalized spacial score (nSPS) is 10.0. The SMILES string of the molecule is N#Cc1ccc(CCC(=O)NCCc2ccc(F)cc2)cc1. The van der Waals surface area contributed by atoms with Crippen LogP contribution in [0, 0.1) is 17.1 Å². The smallest absolute Gasteiger partial charge is 0.220 e. The highest BCUT2D eigenvalue weighted by atomic mass is 19.1. The van der Waals surface area contributed by atoms with Crippen molar-refractivity contribution >= 4 is 5.91 Å². The van der Waals surface area contributed by atoms with Gasteiger partial charge in [0.1, 0.15) is 5.82 Å². The summed E-state index contributed by atoms with van der Waals surface area (Å²) in [5.41, 5.74) is 2.65. The summed E-state index contributed by atoms with van der Waals surface area (Å²) in [7, 11) is 0. The van der Waals surface area contributed by atoms with Crippen molar-refractivity contribution in [3.63, 3.8) is 0 Å². The highest BCUT2D eigenvalue weighted by molar-refractivity contribution is 5.76. The number of halogens is 1. The quantitative estimate of drug-likeness (QED) is 0.891. The van der Waals surface area contributed by atoms with Crippen molar-refractivity contribution in [1.29, 1.82) is 5.26 Å². The number of rotatable bonds is 6. The van der Waals surface area contributed by atoms with Gasteiger partial charge in [0.15, 0.2) is 0 Å². The first-order valence-electron chi connectivity index (χ1n) is 7.17. The first kappa shape index (κ1) is 15.7. The van der Waals surface area contributed by atoms with Crippen LogP contribution in [0.4, 0.5) is 4.39 Å². The molecule has 0 atom stereocenters. The molecule has 0 aliphatic heterocycles. The van der Waals surface area contributed by atoms with Crippen molar-refractivity contribution in [2.75, 3.05) is 6.54 Å². The van der Waals surface area contributed by atoms with Gasteiger partial charge in [-0.1, -0.05) is 24.3 Å². The summed E-state index contributed by atoms with van der Waals surface area (Å²) in [6, 6.07) is 15.6. The largest absolute Gasteiger partial charge is 0.356 e. The van der Waals surface area contributed by atoms with Crippen molar-refractivity contribution < 1.29 is 9.18 Å². The molecule has 2 aromatic rings. The van der Waals surface area contributed by atoms with E-state index in [1.165, 1.54) is 12.1 Å². The molecular weight excluding hydrogens is 279 g/mol. The highest BCUT2D eigenvalue weighted by Crippen LogP contribution is 2.06. The van der Waals surface area contributed by atoms with E-state index < -0.39 is 0 Å². The Bertz CT molecular complexity index is 657. The number of amides is 1. The van der Waals surface area contributed by atoms with E-state index >= 15 is 0 Å². The Morgan fingerprint density at radius 2 is 1.59 bits per heavy atom. The topological polar surface area (TPSA) is 52.9 Å². The van der Waals surface area contributed by atoms with E-state index in [0.717, 1.165) is 11.1 Å². The molecule has 2 aromatic carbocycles. The fraction of sp³-hybridized carbons (Fsp3) is 0.222. The number of nitriles is 1. The highest BCUT2D eigenvalue weighted by Gasteiger charge is 2.02. The second-order valence-electron chi connectivity index (χ2n) is 5.04. The molecule has 0 radical (unpaired) electrons. The lowest BCUT2D eigenvalue weighted by atomic mass is 10.1. The molecule has 2 rings (SSSR count). The molecular formula is C18H17FN2O. The van der Waals surface area contributed by atoms with Crippen LogP contribution < -0.4 is 5.32 Å². The number of carbonyl (C=O) groups is 1. The number of hydrogen-bond acceptors (Lipinski definition) is 2. The maximum Gasteiger partial charge on any atom is 0.220 e. The van der Waals surface area contributed by atoms with Crippen LogP contribution in [0.3, 0.4) is 0 Å². The zero-order valence-electron chi connectivity index (χ0n) is 12.2. The Labute approximate surface area is 129 Å². The van der Waals surface area contributed by atoms with E-state index in [1.807, 2.05) is 12.1 Å². The van der Waals surface area contributed by atoms with Gasteiger partial charge in [-0.15, -0.1) is 0 Å². The van der Waals surface area contributed by atoms with Gasteiger partial charge in [-0.25, -0.2) is 4.39 Å². The van der Waals surface area contributed by atoms with Crippen LogP contribution >= 0.6 is 0 Å². The summed E-state index contributed by atoms with van der Waals surface area (Å²) in [5.74, 6) is -0.262. The van der Waals surface area contributed by atoms with Crippen molar-refractivity contribution in [2.24, 2.45) is 0 Å². The summed E-state index contributed by atoms with van der Waals surface area (Å²) in [4.78, 5) is 11.8. The average molecular weight is 296 g/mol. The van der Waals surface area contributed by atoms with Gasteiger partial charge in [0.2, 0.25) is 5.91 Å². The van der Waals surface area contributed by atoms with Crippen LogP contribution in [0.25, 0.3) is 0 Å². The van der Waals surface area contributed by atoms with Crippen LogP contribution in [0.15, 0.2) is 48.5 Å². The molecule has 0 aliphatic rings. The number of carbonyl (C=O) groups excluding carboxylic acids is 1. The molecule has 0 saturated carbocycles. The fourth-order valence-electron chi connectivity index (χ4n) is 2.09. The molecule has 0 aromatic heterocycles. The lowest BCUT2D eigenvalue weighted by Gasteiger charge is -2.06. The number of nitrogens with one attached hydrogen (secondary N) is 1. The minimum atomic E-state index is -0.254. The third-order valence-electron chi connectivity index (χ3n) is 3.37. The Balaban J connectivity index is 1.69. The van der Waals surface area contributed by atoms with Gasteiger partial charge in [-0.3, -0.25) is 4.79 Å². The first-order chi connectivity index (χ1) is 10.7. The fourth-order valence-corrected chi connectivity index (χ4v) is 2.09. The van der Waals surface area contributed by atoms with Gasteiger partial charge in [-0.2, -0.15) is 5.26 Å². The number of benzene rings is 2. The summed E-state index contributed by atoms with van der Waals surface area (Å²) in [5, 5.41) is 11.6. The van der Waals surface area contributed by atoms with E-state index in [1.54, 1.807) is 24.3 Å². The zero-order chi connectivity index (χ0) is 15.8. The Hall–Kier alpha value is -2.67. The summed E-state index contributed by atoms with van der Waals surface area (Å²) in [6.45, 7) is 0.540. The molecule has 0 fully saturated rings. The van der Waals surface area contributed by atoms with Crippen LogP contribution in [-0.2, 0) is 17.6 Å². The second kappa shape index (κ2) is 7.94. The molecule has 0 heterocycles. The van der Waals surface area contributed by atoms with Gasteiger partial charge < -0.3 is 5.32 Å². The standard InChI is InChI=1S/C18H17FN2O/c19-17-8-5-15(6-9-17)11-12-21-18(22)10-7-14-1-3-16(13-20)4-2-14/h1-6,8-9H,7,10-12H2,(H,21,22).